The van der Waals surface area contributed by atoms with E-state index in [1.165, 1.54) is 37.5 Å². The van der Waals surface area contributed by atoms with Gasteiger partial charge in [-0.15, -0.1) is 0 Å². The minimum atomic E-state index is -0.556. The van der Waals surface area contributed by atoms with Crippen LogP contribution in [-0.2, 0) is 4.79 Å². The molecule has 3 atom stereocenters. The van der Waals surface area contributed by atoms with E-state index in [1.807, 2.05) is 0 Å². The van der Waals surface area contributed by atoms with Crippen LogP contribution in [0.15, 0.2) is 24.3 Å². The highest BCUT2D eigenvalue weighted by molar-refractivity contribution is 7.80. The average Bonchev–Trinajstić information content (AvgIpc) is 3.21. The molecule has 1 amide bonds. The van der Waals surface area contributed by atoms with Crippen LogP contribution >= 0.6 is 12.2 Å². The van der Waals surface area contributed by atoms with Crippen LogP contribution in [0.25, 0.3) is 0 Å². The quantitative estimate of drug-likeness (QED) is 0.414. The molecule has 1 aromatic carbocycles. The number of hydrogen-bond donors (Lipinski definition) is 3. The SMILES string of the molecule is O=C(COc1ccccc1[N+](=O)[O-])NNC(=S)N[C@@H]1C[C@H]2CC[C@H]1C2. The number of rotatable bonds is 5. The molecule has 3 N–H and O–H groups in total. The number of nitro benzene ring substituents is 1. The van der Waals surface area contributed by atoms with Gasteiger partial charge in [0.15, 0.2) is 17.5 Å². The van der Waals surface area contributed by atoms with Crippen LogP contribution in [0, 0.1) is 22.0 Å². The predicted molar refractivity (Wildman–Crippen MR) is 94.8 cm³/mol. The molecular formula is C16H20N4O4S. The van der Waals surface area contributed by atoms with E-state index in [-0.39, 0.29) is 18.0 Å². The maximum absolute atomic E-state index is 11.8. The molecule has 2 saturated carbocycles. The smallest absolute Gasteiger partial charge is 0.310 e. The molecule has 1 aromatic rings. The van der Waals surface area contributed by atoms with Crippen molar-refractivity contribution in [2.75, 3.05) is 6.61 Å². The Morgan fingerprint density at radius 2 is 2.08 bits per heavy atom. The summed E-state index contributed by atoms with van der Waals surface area (Å²) in [4.78, 5) is 22.1. The Bertz CT molecular complexity index is 684. The molecule has 2 aliphatic carbocycles. The molecular weight excluding hydrogens is 344 g/mol. The van der Waals surface area contributed by atoms with Crippen LogP contribution in [0.1, 0.15) is 25.7 Å². The molecule has 2 bridgehead atoms. The third kappa shape index (κ3) is 4.36. The molecule has 2 fully saturated rings. The number of fused-ring (bicyclic) bond motifs is 2. The summed E-state index contributed by atoms with van der Waals surface area (Å²) < 4.78 is 5.21. The van der Waals surface area contributed by atoms with E-state index >= 15 is 0 Å². The second-order valence-electron chi connectivity index (χ2n) is 6.44. The highest BCUT2D eigenvalue weighted by Gasteiger charge is 2.39. The lowest BCUT2D eigenvalue weighted by atomic mass is 9.96. The van der Waals surface area contributed by atoms with Gasteiger partial charge in [-0.2, -0.15) is 0 Å². The van der Waals surface area contributed by atoms with Gasteiger partial charge in [-0.3, -0.25) is 25.8 Å². The first-order valence-corrected chi connectivity index (χ1v) is 8.65. The van der Waals surface area contributed by atoms with E-state index in [9.17, 15) is 14.9 Å². The van der Waals surface area contributed by atoms with E-state index in [0.717, 1.165) is 12.3 Å². The molecule has 0 unspecified atom stereocenters. The minimum Gasteiger partial charge on any atom is -0.477 e. The third-order valence-corrected chi connectivity index (χ3v) is 5.01. The van der Waals surface area contributed by atoms with Crippen molar-refractivity contribution in [2.45, 2.75) is 31.7 Å². The Hall–Kier alpha value is -2.42. The van der Waals surface area contributed by atoms with Gasteiger partial charge in [-0.1, -0.05) is 18.6 Å². The number of hydrogen-bond acceptors (Lipinski definition) is 5. The number of carbonyl (C=O) groups is 1. The largest absolute Gasteiger partial charge is 0.477 e. The van der Waals surface area contributed by atoms with E-state index < -0.39 is 10.8 Å². The first kappa shape index (κ1) is 17.4. The average molecular weight is 364 g/mol. The van der Waals surface area contributed by atoms with Crippen molar-refractivity contribution in [3.63, 3.8) is 0 Å². The molecule has 2 aliphatic rings. The second-order valence-corrected chi connectivity index (χ2v) is 6.85. The number of carbonyl (C=O) groups excluding carboxylic acids is 1. The topological polar surface area (TPSA) is 106 Å². The Morgan fingerprint density at radius 3 is 2.76 bits per heavy atom. The monoisotopic (exact) mass is 364 g/mol. The minimum absolute atomic E-state index is 0.0466. The predicted octanol–water partition coefficient (Wildman–Crippen LogP) is 1.66. The van der Waals surface area contributed by atoms with Crippen LogP contribution in [-0.4, -0.2) is 28.6 Å². The number of ether oxygens (including phenoxy) is 1. The number of nitrogens with zero attached hydrogens (tertiary/aromatic N) is 1. The van der Waals surface area contributed by atoms with Crippen LogP contribution in [0.2, 0.25) is 0 Å². The zero-order valence-corrected chi connectivity index (χ0v) is 14.4. The summed E-state index contributed by atoms with van der Waals surface area (Å²) in [5, 5.41) is 14.5. The van der Waals surface area contributed by atoms with E-state index in [4.69, 9.17) is 17.0 Å². The lowest BCUT2D eigenvalue weighted by Gasteiger charge is -2.24. The summed E-state index contributed by atoms with van der Waals surface area (Å²) in [5.74, 6) is 1.04. The zero-order chi connectivity index (χ0) is 17.8. The van der Waals surface area contributed by atoms with Gasteiger partial charge in [0.1, 0.15) is 0 Å². The molecule has 0 aliphatic heterocycles. The van der Waals surface area contributed by atoms with Crippen LogP contribution < -0.4 is 20.9 Å². The van der Waals surface area contributed by atoms with Crippen molar-refractivity contribution in [3.05, 3.63) is 34.4 Å². The molecule has 0 spiro atoms. The number of amides is 1. The fourth-order valence-electron chi connectivity index (χ4n) is 3.66. The Balaban J connectivity index is 1.39. The van der Waals surface area contributed by atoms with Crippen molar-refractivity contribution in [1.29, 1.82) is 0 Å². The first-order chi connectivity index (χ1) is 12.0. The lowest BCUT2D eigenvalue weighted by Crippen LogP contribution is -2.51. The molecule has 0 saturated heterocycles. The zero-order valence-electron chi connectivity index (χ0n) is 13.6. The van der Waals surface area contributed by atoms with Crippen molar-refractivity contribution in [2.24, 2.45) is 11.8 Å². The Kier molecular flexibility index (Phi) is 5.32. The van der Waals surface area contributed by atoms with Crippen molar-refractivity contribution >= 4 is 28.9 Å². The summed E-state index contributed by atoms with van der Waals surface area (Å²) in [6.45, 7) is -0.353. The van der Waals surface area contributed by atoms with Gasteiger partial charge < -0.3 is 10.1 Å². The molecule has 0 heterocycles. The number of hydrazine groups is 1. The van der Waals surface area contributed by atoms with Gasteiger partial charge in [0.2, 0.25) is 0 Å². The molecule has 8 nitrogen and oxygen atoms in total. The van der Waals surface area contributed by atoms with Crippen molar-refractivity contribution < 1.29 is 14.5 Å². The van der Waals surface area contributed by atoms with E-state index in [1.54, 1.807) is 6.07 Å². The van der Waals surface area contributed by atoms with Gasteiger partial charge >= 0.3 is 5.69 Å². The maximum atomic E-state index is 11.8. The number of benzene rings is 1. The fraction of sp³-hybridized carbons (Fsp3) is 0.500. The molecule has 0 radical (unpaired) electrons. The number of nitro groups is 1. The maximum Gasteiger partial charge on any atom is 0.310 e. The molecule has 0 aromatic heterocycles. The second kappa shape index (κ2) is 7.64. The van der Waals surface area contributed by atoms with Gasteiger partial charge in [-0.25, -0.2) is 0 Å². The Labute approximate surface area is 150 Å². The molecule has 134 valence electrons. The fourth-order valence-corrected chi connectivity index (χ4v) is 3.86. The van der Waals surface area contributed by atoms with Gasteiger partial charge in [-0.05, 0) is 49.4 Å². The normalized spacial score (nSPS) is 23.8. The summed E-state index contributed by atoms with van der Waals surface area (Å²) in [6.07, 6.45) is 4.93. The van der Waals surface area contributed by atoms with Gasteiger partial charge in [0.05, 0.1) is 4.92 Å². The van der Waals surface area contributed by atoms with Crippen LogP contribution in [0.5, 0.6) is 5.75 Å². The summed E-state index contributed by atoms with van der Waals surface area (Å²) in [7, 11) is 0. The molecule has 25 heavy (non-hydrogen) atoms. The highest BCUT2D eigenvalue weighted by atomic mass is 32.1. The van der Waals surface area contributed by atoms with Crippen molar-refractivity contribution in [1.82, 2.24) is 16.2 Å². The first-order valence-electron chi connectivity index (χ1n) is 8.24. The summed E-state index contributed by atoms with van der Waals surface area (Å²) >= 11 is 5.19. The lowest BCUT2D eigenvalue weighted by molar-refractivity contribution is -0.385. The molecule has 9 heteroatoms. The number of para-hydroxylation sites is 2. The van der Waals surface area contributed by atoms with Crippen LogP contribution in [0.3, 0.4) is 0 Å². The van der Waals surface area contributed by atoms with E-state index in [0.29, 0.717) is 17.1 Å². The summed E-state index contributed by atoms with van der Waals surface area (Å²) in [5.41, 5.74) is 4.90. The Morgan fingerprint density at radius 1 is 1.28 bits per heavy atom. The highest BCUT2D eigenvalue weighted by Crippen LogP contribution is 2.44. The van der Waals surface area contributed by atoms with Gasteiger partial charge in [0, 0.05) is 12.1 Å². The standard InChI is InChI=1S/C16H20N4O4S/c21-15(9-24-14-4-2-1-3-13(14)20(22)23)18-19-16(25)17-12-8-10-5-6-11(12)7-10/h1-4,10-12H,5-9H2,(H,18,21)(H2,17,19,25)/t10-,11-,12+/m0/s1. The summed E-state index contributed by atoms with van der Waals surface area (Å²) in [6, 6.07) is 6.28. The third-order valence-electron chi connectivity index (χ3n) is 4.79. The van der Waals surface area contributed by atoms with Crippen molar-refractivity contribution in [3.8, 4) is 5.75 Å². The number of thiocarbonyl (C=S) groups is 1. The van der Waals surface area contributed by atoms with Crippen LogP contribution in [0.4, 0.5) is 5.69 Å². The molecule has 3 rings (SSSR count). The van der Waals surface area contributed by atoms with Gasteiger partial charge in [0.25, 0.3) is 5.91 Å². The number of nitrogens with one attached hydrogen (secondary N) is 3. The van der Waals surface area contributed by atoms with E-state index in [2.05, 4.69) is 16.2 Å².